The summed E-state index contributed by atoms with van der Waals surface area (Å²) in [5.74, 6) is 0. The SMILES string of the molecule is O=C(N[C@@H](Cc1ccccc1)[C@H](C[CH]Cc1ccccc1)OCOP(=O)(O)O)OCc1cncs1. The van der Waals surface area contributed by atoms with Crippen LogP contribution in [0.5, 0.6) is 0 Å². The van der Waals surface area contributed by atoms with E-state index >= 15 is 0 Å². The third kappa shape index (κ3) is 10.7. The van der Waals surface area contributed by atoms with Crippen molar-refractivity contribution in [1.82, 2.24) is 10.3 Å². The Kier molecular flexibility index (Phi) is 10.9. The molecule has 0 bridgehead atoms. The van der Waals surface area contributed by atoms with Gasteiger partial charge in [0.25, 0.3) is 0 Å². The van der Waals surface area contributed by atoms with E-state index in [0.717, 1.165) is 16.0 Å². The maximum absolute atomic E-state index is 12.6. The lowest BCUT2D eigenvalue weighted by molar-refractivity contribution is -0.0606. The fourth-order valence-electron chi connectivity index (χ4n) is 3.35. The number of nitrogens with one attached hydrogen (secondary N) is 1. The molecule has 0 saturated carbocycles. The van der Waals surface area contributed by atoms with Crippen molar-refractivity contribution >= 4 is 25.3 Å². The van der Waals surface area contributed by atoms with Crippen LogP contribution in [0.15, 0.2) is 72.4 Å². The summed E-state index contributed by atoms with van der Waals surface area (Å²) in [5.41, 5.74) is 3.71. The summed E-state index contributed by atoms with van der Waals surface area (Å²) in [5, 5.41) is 2.85. The molecule has 3 rings (SSSR count). The van der Waals surface area contributed by atoms with E-state index in [0.29, 0.717) is 19.3 Å². The van der Waals surface area contributed by atoms with Gasteiger partial charge in [-0.25, -0.2) is 9.36 Å². The number of hydrogen-bond donors (Lipinski definition) is 3. The number of amides is 1. The van der Waals surface area contributed by atoms with Gasteiger partial charge in [-0.15, -0.1) is 11.3 Å². The van der Waals surface area contributed by atoms with E-state index in [-0.39, 0.29) is 6.61 Å². The Morgan fingerprint density at radius 2 is 1.77 bits per heavy atom. The number of rotatable bonds is 14. The third-order valence-electron chi connectivity index (χ3n) is 5.00. The lowest BCUT2D eigenvalue weighted by atomic mass is 9.96. The number of phosphoric acid groups is 1. The molecule has 1 heterocycles. The molecule has 187 valence electrons. The Balaban J connectivity index is 1.69. The summed E-state index contributed by atoms with van der Waals surface area (Å²) in [4.78, 5) is 35.5. The second kappa shape index (κ2) is 14.1. The van der Waals surface area contributed by atoms with Crippen molar-refractivity contribution in [1.29, 1.82) is 0 Å². The van der Waals surface area contributed by atoms with Crippen LogP contribution in [0.3, 0.4) is 0 Å². The Labute approximate surface area is 208 Å². The van der Waals surface area contributed by atoms with Gasteiger partial charge >= 0.3 is 13.9 Å². The van der Waals surface area contributed by atoms with Gasteiger partial charge in [-0.3, -0.25) is 9.51 Å². The normalized spacial score (nSPS) is 13.2. The Morgan fingerprint density at radius 3 is 2.40 bits per heavy atom. The smallest absolute Gasteiger partial charge is 0.444 e. The van der Waals surface area contributed by atoms with Gasteiger partial charge in [0, 0.05) is 6.20 Å². The number of benzene rings is 2. The fourth-order valence-corrected chi connectivity index (χ4v) is 4.05. The van der Waals surface area contributed by atoms with Crippen molar-refractivity contribution < 1.29 is 33.1 Å². The van der Waals surface area contributed by atoms with Crippen LogP contribution in [0.2, 0.25) is 0 Å². The average Bonchev–Trinajstić information content (AvgIpc) is 3.36. The van der Waals surface area contributed by atoms with Crippen LogP contribution in [0.4, 0.5) is 4.79 Å². The Bertz CT molecular complexity index is 1050. The molecule has 0 saturated heterocycles. The van der Waals surface area contributed by atoms with E-state index in [1.165, 1.54) is 11.3 Å². The van der Waals surface area contributed by atoms with Crippen molar-refractivity contribution in [3.8, 4) is 0 Å². The van der Waals surface area contributed by atoms with Gasteiger partial charge in [0.1, 0.15) is 6.61 Å². The lowest BCUT2D eigenvalue weighted by Crippen LogP contribution is -2.46. The van der Waals surface area contributed by atoms with Crippen molar-refractivity contribution in [3.63, 3.8) is 0 Å². The average molecular weight is 520 g/mol. The number of phosphoric ester groups is 1. The van der Waals surface area contributed by atoms with Gasteiger partial charge in [-0.2, -0.15) is 0 Å². The molecule has 11 heteroatoms. The van der Waals surface area contributed by atoms with Gasteiger partial charge in [0.15, 0.2) is 6.79 Å². The minimum Gasteiger partial charge on any atom is -0.444 e. The van der Waals surface area contributed by atoms with Crippen LogP contribution in [0.25, 0.3) is 0 Å². The summed E-state index contributed by atoms with van der Waals surface area (Å²) in [6.07, 6.45) is 3.83. The molecule has 2 atom stereocenters. The molecule has 0 aliphatic rings. The van der Waals surface area contributed by atoms with Gasteiger partial charge in [0.2, 0.25) is 0 Å². The van der Waals surface area contributed by atoms with Crippen molar-refractivity contribution in [2.24, 2.45) is 0 Å². The van der Waals surface area contributed by atoms with E-state index in [1.54, 1.807) is 11.7 Å². The number of carbonyl (C=O) groups is 1. The van der Waals surface area contributed by atoms with Crippen LogP contribution in [-0.4, -0.2) is 39.8 Å². The van der Waals surface area contributed by atoms with Gasteiger partial charge in [-0.05, 0) is 36.8 Å². The highest BCUT2D eigenvalue weighted by atomic mass is 32.1. The second-order valence-corrected chi connectivity index (χ2v) is 9.85. The Morgan fingerprint density at radius 1 is 1.09 bits per heavy atom. The maximum Gasteiger partial charge on any atom is 0.471 e. The number of hydrogen-bond acceptors (Lipinski definition) is 7. The molecule has 0 fully saturated rings. The van der Waals surface area contributed by atoms with Gasteiger partial charge < -0.3 is 24.6 Å². The minimum atomic E-state index is -4.71. The summed E-state index contributed by atoms with van der Waals surface area (Å²) in [6, 6.07) is 18.8. The molecule has 0 aliphatic carbocycles. The van der Waals surface area contributed by atoms with E-state index in [1.807, 2.05) is 67.1 Å². The molecule has 0 unspecified atom stereocenters. The van der Waals surface area contributed by atoms with Gasteiger partial charge in [0.05, 0.1) is 22.5 Å². The van der Waals surface area contributed by atoms with Crippen LogP contribution < -0.4 is 5.32 Å². The zero-order valence-corrected chi connectivity index (χ0v) is 20.6. The summed E-state index contributed by atoms with van der Waals surface area (Å²) >= 11 is 1.38. The highest BCUT2D eigenvalue weighted by Gasteiger charge is 2.26. The first-order valence-electron chi connectivity index (χ1n) is 10.9. The molecule has 35 heavy (non-hydrogen) atoms. The summed E-state index contributed by atoms with van der Waals surface area (Å²) in [6.45, 7) is -0.543. The Hall–Kier alpha value is -2.59. The first kappa shape index (κ1) is 27.0. The zero-order valence-electron chi connectivity index (χ0n) is 18.9. The summed E-state index contributed by atoms with van der Waals surface area (Å²) in [7, 11) is -4.71. The molecule has 0 spiro atoms. The number of alkyl carbamates (subject to hydrolysis) is 1. The monoisotopic (exact) mass is 519 g/mol. The summed E-state index contributed by atoms with van der Waals surface area (Å²) < 4.78 is 26.7. The first-order valence-corrected chi connectivity index (χ1v) is 13.3. The molecular formula is C24H28N2O7PS. The van der Waals surface area contributed by atoms with Crippen LogP contribution in [-0.2, 0) is 38.0 Å². The van der Waals surface area contributed by atoms with Crippen molar-refractivity contribution in [2.75, 3.05) is 6.79 Å². The van der Waals surface area contributed by atoms with Crippen molar-refractivity contribution in [2.45, 2.75) is 38.0 Å². The molecular weight excluding hydrogens is 491 g/mol. The number of aromatic nitrogens is 1. The predicted octanol–water partition coefficient (Wildman–Crippen LogP) is 4.27. The molecule has 3 N–H and O–H groups in total. The minimum absolute atomic E-state index is 0.0849. The zero-order chi connectivity index (χ0) is 24.9. The van der Waals surface area contributed by atoms with E-state index in [2.05, 4.69) is 14.8 Å². The lowest BCUT2D eigenvalue weighted by Gasteiger charge is -2.28. The molecule has 3 aromatic rings. The van der Waals surface area contributed by atoms with Crippen LogP contribution >= 0.6 is 19.2 Å². The molecule has 1 amide bonds. The van der Waals surface area contributed by atoms with Gasteiger partial charge in [-0.1, -0.05) is 60.7 Å². The topological polar surface area (TPSA) is 127 Å². The quantitative estimate of drug-likeness (QED) is 0.213. The van der Waals surface area contributed by atoms with E-state index < -0.39 is 32.9 Å². The van der Waals surface area contributed by atoms with E-state index in [4.69, 9.17) is 19.3 Å². The number of thiazole rings is 1. The largest absolute Gasteiger partial charge is 0.471 e. The highest BCUT2D eigenvalue weighted by molar-refractivity contribution is 7.46. The van der Waals surface area contributed by atoms with Crippen LogP contribution in [0.1, 0.15) is 22.4 Å². The second-order valence-electron chi connectivity index (χ2n) is 7.64. The first-order chi connectivity index (χ1) is 16.9. The highest BCUT2D eigenvalue weighted by Crippen LogP contribution is 2.35. The fraction of sp³-hybridized carbons (Fsp3) is 0.292. The van der Waals surface area contributed by atoms with E-state index in [9.17, 15) is 9.36 Å². The number of nitrogens with zero attached hydrogens (tertiary/aromatic N) is 1. The van der Waals surface area contributed by atoms with Crippen LogP contribution in [0, 0.1) is 6.42 Å². The molecule has 0 aliphatic heterocycles. The molecule has 1 aromatic heterocycles. The number of ether oxygens (including phenoxy) is 2. The molecule has 1 radical (unpaired) electrons. The number of carbonyl (C=O) groups excluding carboxylic acids is 1. The standard InChI is InChI=1S/C24H28N2O7PS/c27-24(31-16-21-15-25-17-35-21)26-22(14-20-10-5-2-6-11-20)23(32-18-33-34(28,29)30)13-7-12-19-8-3-1-4-9-19/h1-11,15,17,22-23H,12-14,16,18H2,(H,26,27)(H2,28,29,30)/t22-,23-/m0/s1. The third-order valence-corrected chi connectivity index (χ3v) is 6.20. The molecule has 9 nitrogen and oxygen atoms in total. The predicted molar refractivity (Wildman–Crippen MR) is 131 cm³/mol. The van der Waals surface area contributed by atoms with Crippen molar-refractivity contribution in [3.05, 3.63) is 94.8 Å². The maximum atomic E-state index is 12.6. The molecule has 2 aromatic carbocycles.